The van der Waals surface area contributed by atoms with Crippen molar-refractivity contribution in [3.8, 4) is 5.75 Å². The van der Waals surface area contributed by atoms with Crippen LogP contribution >= 0.6 is 11.3 Å². The van der Waals surface area contributed by atoms with E-state index in [-0.39, 0.29) is 18.4 Å². The van der Waals surface area contributed by atoms with Gasteiger partial charge in [-0.3, -0.25) is 9.59 Å². The zero-order chi connectivity index (χ0) is 23.6. The number of benzene rings is 2. The van der Waals surface area contributed by atoms with Gasteiger partial charge in [0, 0.05) is 23.7 Å². The Morgan fingerprint density at radius 2 is 1.97 bits per heavy atom. The molecule has 0 atom stereocenters. The number of amides is 2. The highest BCUT2D eigenvalue weighted by Gasteiger charge is 2.15. The molecule has 0 saturated carbocycles. The first-order valence-electron chi connectivity index (χ1n) is 10.9. The maximum absolute atomic E-state index is 12.8. The maximum Gasteiger partial charge on any atom is 0.247 e. The first-order chi connectivity index (χ1) is 15.9. The highest BCUT2D eigenvalue weighted by molar-refractivity contribution is 7.09. The second-order valence-electron chi connectivity index (χ2n) is 7.68. The number of hydrogen-bond acceptors (Lipinski definition) is 5. The van der Waals surface area contributed by atoms with Crippen LogP contribution in [0.3, 0.4) is 0 Å². The molecule has 2 amide bonds. The van der Waals surface area contributed by atoms with Crippen LogP contribution in [0.15, 0.2) is 60.0 Å². The number of thiazole rings is 1. The molecule has 172 valence electrons. The Bertz CT molecular complexity index is 1120. The van der Waals surface area contributed by atoms with Crippen molar-refractivity contribution in [2.24, 2.45) is 0 Å². The Morgan fingerprint density at radius 3 is 2.70 bits per heavy atom. The normalized spacial score (nSPS) is 10.9. The number of ether oxygens (including phenoxy) is 1. The summed E-state index contributed by atoms with van der Waals surface area (Å²) in [5.41, 5.74) is 3.47. The molecule has 0 spiro atoms. The largest absolute Gasteiger partial charge is 0.487 e. The highest BCUT2D eigenvalue weighted by Crippen LogP contribution is 2.17. The molecule has 0 fully saturated rings. The van der Waals surface area contributed by atoms with E-state index in [4.69, 9.17) is 4.74 Å². The number of aromatic nitrogens is 1. The van der Waals surface area contributed by atoms with E-state index >= 15 is 0 Å². The molecule has 0 bridgehead atoms. The van der Waals surface area contributed by atoms with Gasteiger partial charge >= 0.3 is 0 Å². The van der Waals surface area contributed by atoms with Gasteiger partial charge in [-0.2, -0.15) is 0 Å². The SMILES string of the molecule is CCCN(CC(=O)Nc1ccccc1C)C(=O)/C=C/c1cccc(OCc2csc(C)n2)c1. The Morgan fingerprint density at radius 1 is 1.15 bits per heavy atom. The van der Waals surface area contributed by atoms with Crippen LogP contribution in [-0.4, -0.2) is 34.8 Å². The number of nitrogens with one attached hydrogen (secondary N) is 1. The lowest BCUT2D eigenvalue weighted by molar-refractivity contribution is -0.130. The monoisotopic (exact) mass is 463 g/mol. The summed E-state index contributed by atoms with van der Waals surface area (Å²) in [4.78, 5) is 31.2. The number of nitrogens with zero attached hydrogens (tertiary/aromatic N) is 2. The Balaban J connectivity index is 1.59. The van der Waals surface area contributed by atoms with E-state index in [1.54, 1.807) is 22.3 Å². The van der Waals surface area contributed by atoms with Crippen LogP contribution in [0.4, 0.5) is 5.69 Å². The van der Waals surface area contributed by atoms with Crippen LogP contribution < -0.4 is 10.1 Å². The van der Waals surface area contributed by atoms with E-state index in [0.29, 0.717) is 18.9 Å². The third-order valence-electron chi connectivity index (χ3n) is 4.89. The molecule has 2 aromatic carbocycles. The van der Waals surface area contributed by atoms with Crippen molar-refractivity contribution in [2.45, 2.75) is 33.8 Å². The predicted molar refractivity (Wildman–Crippen MR) is 133 cm³/mol. The Kier molecular flexibility index (Phi) is 8.78. The predicted octanol–water partition coefficient (Wildman–Crippen LogP) is 5.23. The van der Waals surface area contributed by atoms with Gasteiger partial charge in [-0.15, -0.1) is 11.3 Å². The van der Waals surface area contributed by atoms with Crippen LogP contribution in [0.1, 0.15) is 35.2 Å². The first kappa shape index (κ1) is 24.2. The molecule has 1 N–H and O–H groups in total. The molecule has 1 heterocycles. The fourth-order valence-electron chi connectivity index (χ4n) is 3.23. The lowest BCUT2D eigenvalue weighted by Gasteiger charge is -2.20. The summed E-state index contributed by atoms with van der Waals surface area (Å²) in [6.07, 6.45) is 4.00. The van der Waals surface area contributed by atoms with Crippen LogP contribution in [0, 0.1) is 13.8 Å². The standard InChI is InChI=1S/C26H29N3O3S/c1-4-14-29(16-25(30)28-24-11-6-5-8-19(24)2)26(31)13-12-21-9-7-10-23(15-21)32-17-22-18-33-20(3)27-22/h5-13,15,18H,4,14,16-17H2,1-3H3,(H,28,30)/b13-12+. The summed E-state index contributed by atoms with van der Waals surface area (Å²) in [6, 6.07) is 15.1. The van der Waals surface area contributed by atoms with Gasteiger partial charge in [0.1, 0.15) is 18.9 Å². The van der Waals surface area contributed by atoms with E-state index in [1.807, 2.05) is 74.7 Å². The van der Waals surface area contributed by atoms with Gasteiger partial charge in [-0.1, -0.05) is 37.3 Å². The molecule has 0 radical (unpaired) electrons. The van der Waals surface area contributed by atoms with Gasteiger partial charge in [-0.25, -0.2) is 4.98 Å². The highest BCUT2D eigenvalue weighted by atomic mass is 32.1. The van der Waals surface area contributed by atoms with Gasteiger partial charge in [0.05, 0.1) is 10.7 Å². The van der Waals surface area contributed by atoms with Crippen molar-refractivity contribution in [3.05, 3.63) is 81.8 Å². The van der Waals surface area contributed by atoms with Crippen molar-refractivity contribution < 1.29 is 14.3 Å². The summed E-state index contributed by atoms with van der Waals surface area (Å²) in [5.74, 6) is 0.284. The van der Waals surface area contributed by atoms with Gasteiger partial charge in [0.15, 0.2) is 0 Å². The minimum absolute atomic E-state index is 0.00154. The number of rotatable bonds is 10. The van der Waals surface area contributed by atoms with Crippen molar-refractivity contribution in [1.82, 2.24) is 9.88 Å². The number of hydrogen-bond donors (Lipinski definition) is 1. The van der Waals surface area contributed by atoms with Gasteiger partial charge in [0.2, 0.25) is 11.8 Å². The molecule has 7 heteroatoms. The van der Waals surface area contributed by atoms with Gasteiger partial charge in [-0.05, 0) is 55.7 Å². The molecular weight excluding hydrogens is 434 g/mol. The van der Waals surface area contributed by atoms with E-state index in [0.717, 1.165) is 33.9 Å². The zero-order valence-electron chi connectivity index (χ0n) is 19.2. The van der Waals surface area contributed by atoms with E-state index < -0.39 is 0 Å². The average Bonchev–Trinajstić information content (AvgIpc) is 3.23. The number of para-hydroxylation sites is 1. The fourth-order valence-corrected chi connectivity index (χ4v) is 3.82. The Hall–Kier alpha value is -3.45. The molecule has 33 heavy (non-hydrogen) atoms. The van der Waals surface area contributed by atoms with Crippen molar-refractivity contribution in [3.63, 3.8) is 0 Å². The molecular formula is C26H29N3O3S. The molecule has 3 aromatic rings. The summed E-state index contributed by atoms with van der Waals surface area (Å²) in [5, 5.41) is 5.88. The molecule has 0 aliphatic carbocycles. The molecule has 0 aliphatic rings. The third kappa shape index (κ3) is 7.57. The minimum atomic E-state index is -0.216. The first-order valence-corrected chi connectivity index (χ1v) is 11.8. The van der Waals surface area contributed by atoms with Crippen LogP contribution in [0.25, 0.3) is 6.08 Å². The molecule has 3 rings (SSSR count). The third-order valence-corrected chi connectivity index (χ3v) is 5.71. The molecule has 6 nitrogen and oxygen atoms in total. The molecule has 0 saturated heterocycles. The van der Waals surface area contributed by atoms with Gasteiger partial charge < -0.3 is 15.0 Å². The van der Waals surface area contributed by atoms with E-state index in [1.165, 1.54) is 6.08 Å². The fraction of sp³-hybridized carbons (Fsp3) is 0.269. The quantitative estimate of drug-likeness (QED) is 0.418. The number of anilines is 1. The van der Waals surface area contributed by atoms with Crippen molar-refractivity contribution in [2.75, 3.05) is 18.4 Å². The summed E-state index contributed by atoms with van der Waals surface area (Å²) in [6.45, 7) is 6.78. The van der Waals surface area contributed by atoms with E-state index in [9.17, 15) is 9.59 Å². The lowest BCUT2D eigenvalue weighted by atomic mass is 10.2. The van der Waals surface area contributed by atoms with Crippen molar-refractivity contribution in [1.29, 1.82) is 0 Å². The average molecular weight is 464 g/mol. The smallest absolute Gasteiger partial charge is 0.247 e. The number of carbonyl (C=O) groups is 2. The summed E-state index contributed by atoms with van der Waals surface area (Å²) >= 11 is 1.59. The molecule has 0 aliphatic heterocycles. The van der Waals surface area contributed by atoms with Crippen molar-refractivity contribution >= 4 is 34.9 Å². The zero-order valence-corrected chi connectivity index (χ0v) is 20.0. The van der Waals surface area contributed by atoms with Crippen LogP contribution in [0.2, 0.25) is 0 Å². The molecule has 1 aromatic heterocycles. The van der Waals surface area contributed by atoms with E-state index in [2.05, 4.69) is 10.3 Å². The van der Waals surface area contributed by atoms with Crippen LogP contribution in [-0.2, 0) is 16.2 Å². The number of carbonyl (C=O) groups excluding carboxylic acids is 2. The summed E-state index contributed by atoms with van der Waals surface area (Å²) in [7, 11) is 0. The second-order valence-corrected chi connectivity index (χ2v) is 8.74. The van der Waals surface area contributed by atoms with Crippen LogP contribution in [0.5, 0.6) is 5.75 Å². The topological polar surface area (TPSA) is 71.5 Å². The van der Waals surface area contributed by atoms with Gasteiger partial charge in [0.25, 0.3) is 0 Å². The minimum Gasteiger partial charge on any atom is -0.487 e. The maximum atomic E-state index is 12.8. The number of aryl methyl sites for hydroxylation is 2. The second kappa shape index (κ2) is 12.0. The summed E-state index contributed by atoms with van der Waals surface area (Å²) < 4.78 is 5.82. The molecule has 0 unspecified atom stereocenters. The lowest BCUT2D eigenvalue weighted by Crippen LogP contribution is -2.37. The Labute approximate surface area is 198 Å².